The first kappa shape index (κ1) is 14.8. The number of hydrogen-bond acceptors (Lipinski definition) is 3. The smallest absolute Gasteiger partial charge is 0.235 e. The summed E-state index contributed by atoms with van der Waals surface area (Å²) < 4.78 is 26.1. The summed E-state index contributed by atoms with van der Waals surface area (Å²) in [6, 6.07) is 6.96. The predicted molar refractivity (Wildman–Crippen MR) is 77.1 cm³/mol. The van der Waals surface area contributed by atoms with Crippen molar-refractivity contribution in [2.24, 2.45) is 5.92 Å². The largest absolute Gasteiger partial charge is 0.399 e. The van der Waals surface area contributed by atoms with Crippen LogP contribution in [-0.2, 0) is 10.0 Å². The fourth-order valence-corrected chi connectivity index (χ4v) is 3.71. The number of nitrogen functional groups attached to an aromatic ring is 1. The Morgan fingerprint density at radius 2 is 1.78 bits per heavy atom. The Bertz CT molecular complexity index is 466. The van der Waals surface area contributed by atoms with Crippen LogP contribution in [0, 0.1) is 5.92 Å². The van der Waals surface area contributed by atoms with Crippen molar-refractivity contribution < 1.29 is 8.42 Å². The van der Waals surface area contributed by atoms with Crippen molar-refractivity contribution in [3.05, 3.63) is 24.3 Å². The van der Waals surface area contributed by atoms with Crippen LogP contribution < -0.4 is 10.0 Å². The maximum Gasteiger partial charge on any atom is 0.235 e. The lowest BCUT2D eigenvalue weighted by atomic mass is 10.3. The number of sulfonamides is 1. The Hall–Kier alpha value is -1.23. The molecule has 18 heavy (non-hydrogen) atoms. The maximum absolute atomic E-state index is 12.3. The fraction of sp³-hybridized carbons (Fsp3) is 0.538. The molecule has 0 aliphatic heterocycles. The number of rotatable bonds is 6. The van der Waals surface area contributed by atoms with Gasteiger partial charge in [0.1, 0.15) is 0 Å². The van der Waals surface area contributed by atoms with Crippen LogP contribution in [0.3, 0.4) is 0 Å². The SMILES string of the molecule is CCCN(c1ccc(N)cc1)S(=O)(=O)CC(C)C. The molecule has 0 unspecified atom stereocenters. The molecular weight excluding hydrogens is 248 g/mol. The molecule has 5 heteroatoms. The Labute approximate surface area is 110 Å². The van der Waals surface area contributed by atoms with Crippen molar-refractivity contribution in [3.63, 3.8) is 0 Å². The number of hydrogen-bond donors (Lipinski definition) is 1. The van der Waals surface area contributed by atoms with Crippen molar-refractivity contribution in [3.8, 4) is 0 Å². The predicted octanol–water partition coefficient (Wildman–Crippen LogP) is 2.47. The van der Waals surface area contributed by atoms with Gasteiger partial charge in [0.25, 0.3) is 0 Å². The standard InChI is InChI=1S/C13H22N2O2S/c1-4-9-15(18(16,17)10-11(2)3)13-7-5-12(14)6-8-13/h5-8,11H,4,9-10,14H2,1-3H3. The summed E-state index contributed by atoms with van der Waals surface area (Å²) in [5.74, 6) is 0.278. The van der Waals surface area contributed by atoms with Gasteiger partial charge in [0.15, 0.2) is 0 Å². The quantitative estimate of drug-likeness (QED) is 0.808. The summed E-state index contributed by atoms with van der Waals surface area (Å²) in [6.45, 7) is 6.28. The fourth-order valence-electron chi connectivity index (χ4n) is 1.78. The van der Waals surface area contributed by atoms with E-state index in [2.05, 4.69) is 0 Å². The molecule has 1 aromatic carbocycles. The highest BCUT2D eigenvalue weighted by molar-refractivity contribution is 7.92. The van der Waals surface area contributed by atoms with Gasteiger partial charge in [-0.15, -0.1) is 0 Å². The molecule has 0 radical (unpaired) electrons. The molecule has 0 heterocycles. The molecule has 1 rings (SSSR count). The number of nitrogens with zero attached hydrogens (tertiary/aromatic N) is 1. The van der Waals surface area contributed by atoms with Crippen LogP contribution in [0.2, 0.25) is 0 Å². The van der Waals surface area contributed by atoms with Crippen LogP contribution >= 0.6 is 0 Å². The third-order valence-corrected chi connectivity index (χ3v) is 4.64. The van der Waals surface area contributed by atoms with E-state index >= 15 is 0 Å². The van der Waals surface area contributed by atoms with Gasteiger partial charge < -0.3 is 5.73 Å². The van der Waals surface area contributed by atoms with E-state index in [4.69, 9.17) is 5.73 Å². The van der Waals surface area contributed by atoms with Crippen LogP contribution in [0.4, 0.5) is 11.4 Å². The van der Waals surface area contributed by atoms with Crippen LogP contribution in [0.15, 0.2) is 24.3 Å². The Kier molecular flexibility index (Phi) is 5.02. The van der Waals surface area contributed by atoms with Gasteiger partial charge in [-0.25, -0.2) is 8.42 Å². The average molecular weight is 270 g/mol. The number of anilines is 2. The molecule has 0 fully saturated rings. The van der Waals surface area contributed by atoms with E-state index in [1.54, 1.807) is 24.3 Å². The summed E-state index contributed by atoms with van der Waals surface area (Å²) in [4.78, 5) is 0. The topological polar surface area (TPSA) is 63.4 Å². The van der Waals surface area contributed by atoms with E-state index in [9.17, 15) is 8.42 Å². The van der Waals surface area contributed by atoms with Gasteiger partial charge in [0, 0.05) is 12.2 Å². The minimum atomic E-state index is -3.26. The second-order valence-corrected chi connectivity index (χ2v) is 6.77. The first-order valence-electron chi connectivity index (χ1n) is 6.22. The average Bonchev–Trinajstić information content (AvgIpc) is 2.25. The van der Waals surface area contributed by atoms with Crippen molar-refractivity contribution in [1.82, 2.24) is 0 Å². The van der Waals surface area contributed by atoms with E-state index in [1.165, 1.54) is 4.31 Å². The van der Waals surface area contributed by atoms with Gasteiger partial charge in [0.2, 0.25) is 10.0 Å². The zero-order chi connectivity index (χ0) is 13.8. The minimum absolute atomic E-state index is 0.114. The zero-order valence-corrected chi connectivity index (χ0v) is 12.1. The molecule has 0 aliphatic carbocycles. The molecule has 0 amide bonds. The zero-order valence-electron chi connectivity index (χ0n) is 11.3. The second kappa shape index (κ2) is 6.09. The lowest BCUT2D eigenvalue weighted by Gasteiger charge is -2.25. The lowest BCUT2D eigenvalue weighted by Crippen LogP contribution is -2.35. The second-order valence-electron chi connectivity index (χ2n) is 4.84. The summed E-state index contributed by atoms with van der Waals surface area (Å²) in [5, 5.41) is 0. The number of benzene rings is 1. The Balaban J connectivity index is 3.06. The molecule has 1 aromatic rings. The molecule has 0 aromatic heterocycles. The minimum Gasteiger partial charge on any atom is -0.399 e. The highest BCUT2D eigenvalue weighted by Crippen LogP contribution is 2.21. The molecular formula is C13H22N2O2S. The van der Waals surface area contributed by atoms with Crippen LogP contribution in [0.25, 0.3) is 0 Å². The third kappa shape index (κ3) is 3.91. The Morgan fingerprint density at radius 1 is 1.22 bits per heavy atom. The van der Waals surface area contributed by atoms with E-state index < -0.39 is 10.0 Å². The maximum atomic E-state index is 12.3. The molecule has 2 N–H and O–H groups in total. The molecule has 102 valence electrons. The first-order chi connectivity index (χ1) is 8.36. The highest BCUT2D eigenvalue weighted by atomic mass is 32.2. The number of nitrogens with two attached hydrogens (primary N) is 1. The van der Waals surface area contributed by atoms with E-state index in [0.717, 1.165) is 6.42 Å². The normalized spacial score (nSPS) is 11.8. The van der Waals surface area contributed by atoms with Crippen molar-refractivity contribution >= 4 is 21.4 Å². The summed E-state index contributed by atoms with van der Waals surface area (Å²) >= 11 is 0. The molecule has 0 spiro atoms. The third-order valence-electron chi connectivity index (χ3n) is 2.49. The van der Waals surface area contributed by atoms with Gasteiger partial charge >= 0.3 is 0 Å². The molecule has 0 saturated carbocycles. The summed E-state index contributed by atoms with van der Waals surface area (Å²) in [6.07, 6.45) is 0.779. The van der Waals surface area contributed by atoms with Crippen molar-refractivity contribution in [2.75, 3.05) is 22.3 Å². The molecule has 0 bridgehead atoms. The van der Waals surface area contributed by atoms with Gasteiger partial charge in [-0.2, -0.15) is 0 Å². The Morgan fingerprint density at radius 3 is 2.22 bits per heavy atom. The highest BCUT2D eigenvalue weighted by Gasteiger charge is 2.22. The summed E-state index contributed by atoms with van der Waals surface area (Å²) in [7, 11) is -3.26. The van der Waals surface area contributed by atoms with Crippen LogP contribution in [0.5, 0.6) is 0 Å². The van der Waals surface area contributed by atoms with Crippen molar-refractivity contribution in [2.45, 2.75) is 27.2 Å². The van der Waals surface area contributed by atoms with Gasteiger partial charge in [-0.1, -0.05) is 20.8 Å². The van der Waals surface area contributed by atoms with E-state index in [1.807, 2.05) is 20.8 Å². The molecule has 4 nitrogen and oxygen atoms in total. The van der Waals surface area contributed by atoms with Crippen LogP contribution in [0.1, 0.15) is 27.2 Å². The monoisotopic (exact) mass is 270 g/mol. The van der Waals surface area contributed by atoms with Gasteiger partial charge in [0.05, 0.1) is 11.4 Å². The van der Waals surface area contributed by atoms with E-state index in [-0.39, 0.29) is 11.7 Å². The molecule has 0 atom stereocenters. The molecule has 0 saturated heterocycles. The van der Waals surface area contributed by atoms with E-state index in [0.29, 0.717) is 17.9 Å². The van der Waals surface area contributed by atoms with Crippen molar-refractivity contribution in [1.29, 1.82) is 0 Å². The molecule has 0 aliphatic rings. The van der Waals surface area contributed by atoms with Crippen LogP contribution in [-0.4, -0.2) is 20.7 Å². The van der Waals surface area contributed by atoms with Gasteiger partial charge in [-0.05, 0) is 36.6 Å². The lowest BCUT2D eigenvalue weighted by molar-refractivity contribution is 0.576. The first-order valence-corrected chi connectivity index (χ1v) is 7.83. The van der Waals surface area contributed by atoms with Gasteiger partial charge in [-0.3, -0.25) is 4.31 Å². The summed E-state index contributed by atoms with van der Waals surface area (Å²) in [5.41, 5.74) is 6.94.